The number of ether oxygens (including phenoxy) is 2. The Morgan fingerprint density at radius 3 is 2.70 bits per heavy atom. The summed E-state index contributed by atoms with van der Waals surface area (Å²) in [5, 5.41) is 4.00. The van der Waals surface area contributed by atoms with Gasteiger partial charge in [0, 0.05) is 35.8 Å². The van der Waals surface area contributed by atoms with Crippen molar-refractivity contribution < 1.29 is 14.3 Å². The molecule has 0 aliphatic heterocycles. The van der Waals surface area contributed by atoms with Crippen molar-refractivity contribution in [1.82, 2.24) is 4.57 Å². The quantitative estimate of drug-likeness (QED) is 0.582. The van der Waals surface area contributed by atoms with Gasteiger partial charge in [-0.25, -0.2) is 4.79 Å². The molecule has 1 fully saturated rings. The average molecular weight is 408 g/mol. The van der Waals surface area contributed by atoms with Crippen LogP contribution in [-0.4, -0.2) is 23.9 Å². The van der Waals surface area contributed by atoms with E-state index in [9.17, 15) is 4.79 Å². The molecule has 2 aromatic carbocycles. The first-order valence-corrected chi connectivity index (χ1v) is 10.6. The topological polar surface area (TPSA) is 78.5 Å². The van der Waals surface area contributed by atoms with E-state index in [0.717, 1.165) is 65.7 Å². The molecule has 1 aliphatic rings. The Bertz CT molecular complexity index is 1050. The van der Waals surface area contributed by atoms with Gasteiger partial charge in [-0.05, 0) is 62.4 Å². The molecule has 0 radical (unpaired) electrons. The second kappa shape index (κ2) is 8.79. The highest BCUT2D eigenvalue weighted by molar-refractivity contribution is 5.94. The first-order valence-electron chi connectivity index (χ1n) is 10.6. The van der Waals surface area contributed by atoms with Gasteiger partial charge in [0.2, 0.25) is 0 Å². The van der Waals surface area contributed by atoms with Crippen molar-refractivity contribution in [2.45, 2.75) is 51.8 Å². The van der Waals surface area contributed by atoms with Gasteiger partial charge >= 0.3 is 6.09 Å². The maximum atomic E-state index is 12.3. The van der Waals surface area contributed by atoms with Gasteiger partial charge in [-0.1, -0.05) is 12.1 Å². The molecule has 1 aliphatic carbocycles. The minimum absolute atomic E-state index is 0.0367. The van der Waals surface area contributed by atoms with E-state index in [1.165, 1.54) is 0 Å². The number of rotatable bonds is 6. The summed E-state index contributed by atoms with van der Waals surface area (Å²) in [7, 11) is 1.67. The Balaban J connectivity index is 1.69. The fraction of sp³-hybridized carbons (Fsp3) is 0.375. The first-order chi connectivity index (χ1) is 14.6. The van der Waals surface area contributed by atoms with Gasteiger partial charge in [-0.2, -0.15) is 0 Å². The van der Waals surface area contributed by atoms with E-state index in [2.05, 4.69) is 22.9 Å². The smallest absolute Gasteiger partial charge is 0.411 e. The molecule has 1 saturated carbocycles. The molecule has 3 aromatic rings. The molecule has 1 heterocycles. The number of methoxy groups -OCH3 is 1. The Morgan fingerprint density at radius 1 is 1.20 bits per heavy atom. The number of anilines is 1. The number of fused-ring (bicyclic) bond motifs is 1. The van der Waals surface area contributed by atoms with Crippen molar-refractivity contribution in [3.8, 4) is 17.0 Å². The van der Waals surface area contributed by atoms with Crippen LogP contribution in [0, 0.1) is 0 Å². The normalized spacial score (nSPS) is 14.2. The number of benzene rings is 2. The second-order valence-electron chi connectivity index (χ2n) is 7.68. The number of hydrogen-bond donors (Lipinski definition) is 2. The van der Waals surface area contributed by atoms with Crippen LogP contribution in [0.4, 0.5) is 10.5 Å². The Labute approximate surface area is 177 Å². The molecule has 3 N–H and O–H groups in total. The first kappa shape index (κ1) is 20.3. The molecule has 0 unspecified atom stereocenters. The van der Waals surface area contributed by atoms with E-state index >= 15 is 0 Å². The maximum Gasteiger partial charge on any atom is 0.411 e. The number of carbonyl (C=O) groups excluding carboxylic acids is 1. The van der Waals surface area contributed by atoms with Crippen LogP contribution in [0.25, 0.3) is 22.2 Å². The maximum absolute atomic E-state index is 12.3. The highest BCUT2D eigenvalue weighted by Gasteiger charge is 2.20. The summed E-state index contributed by atoms with van der Waals surface area (Å²) in [6, 6.07) is 13.9. The fourth-order valence-corrected chi connectivity index (χ4v) is 4.44. The summed E-state index contributed by atoms with van der Waals surface area (Å²) >= 11 is 0. The summed E-state index contributed by atoms with van der Waals surface area (Å²) in [5.41, 5.74) is 11.1. The molecule has 0 saturated heterocycles. The van der Waals surface area contributed by atoms with Gasteiger partial charge in [0.05, 0.1) is 18.3 Å². The van der Waals surface area contributed by atoms with Crippen LogP contribution in [0.5, 0.6) is 5.75 Å². The average Bonchev–Trinajstić information content (AvgIpc) is 3.38. The van der Waals surface area contributed by atoms with E-state index in [1.807, 2.05) is 36.4 Å². The third-order valence-electron chi connectivity index (χ3n) is 5.86. The van der Waals surface area contributed by atoms with Gasteiger partial charge in [-0.3, -0.25) is 5.32 Å². The molecule has 6 nitrogen and oxygen atoms in total. The molecule has 0 atom stereocenters. The summed E-state index contributed by atoms with van der Waals surface area (Å²) < 4.78 is 13.2. The molecular formula is C24H29N3O3. The lowest BCUT2D eigenvalue weighted by molar-refractivity contribution is 0.114. The number of aromatic nitrogens is 1. The third-order valence-corrected chi connectivity index (χ3v) is 5.86. The van der Waals surface area contributed by atoms with Gasteiger partial charge in [0.1, 0.15) is 11.9 Å². The molecule has 158 valence electrons. The molecule has 1 aromatic heterocycles. The Kier molecular flexibility index (Phi) is 5.95. The van der Waals surface area contributed by atoms with Crippen molar-refractivity contribution in [2.75, 3.05) is 12.4 Å². The summed E-state index contributed by atoms with van der Waals surface area (Å²) in [4.78, 5) is 12.3. The molecule has 4 rings (SSSR count). The van der Waals surface area contributed by atoms with Crippen LogP contribution in [0.3, 0.4) is 0 Å². The lowest BCUT2D eigenvalue weighted by Gasteiger charge is -2.14. The van der Waals surface area contributed by atoms with Gasteiger partial charge in [-0.15, -0.1) is 0 Å². The van der Waals surface area contributed by atoms with E-state index in [1.54, 1.807) is 7.11 Å². The molecule has 0 spiro atoms. The van der Waals surface area contributed by atoms with Crippen molar-refractivity contribution in [3.05, 3.63) is 48.0 Å². The van der Waals surface area contributed by atoms with E-state index in [-0.39, 0.29) is 12.2 Å². The van der Waals surface area contributed by atoms with Crippen molar-refractivity contribution in [2.24, 2.45) is 5.73 Å². The third kappa shape index (κ3) is 3.87. The van der Waals surface area contributed by atoms with Crippen LogP contribution in [0.1, 0.15) is 38.2 Å². The number of nitrogens with zero attached hydrogens (tertiary/aromatic N) is 1. The number of nitrogens with one attached hydrogen (secondary N) is 1. The summed E-state index contributed by atoms with van der Waals surface area (Å²) in [6.07, 6.45) is 3.80. The number of amides is 1. The van der Waals surface area contributed by atoms with Crippen LogP contribution in [-0.2, 0) is 17.8 Å². The van der Waals surface area contributed by atoms with Gasteiger partial charge < -0.3 is 19.8 Å². The highest BCUT2D eigenvalue weighted by Crippen LogP contribution is 2.36. The van der Waals surface area contributed by atoms with Gasteiger partial charge in [0.25, 0.3) is 0 Å². The minimum Gasteiger partial charge on any atom is -0.497 e. The molecular weight excluding hydrogens is 378 g/mol. The predicted octanol–water partition coefficient (Wildman–Crippen LogP) is 5.29. The minimum atomic E-state index is -0.390. The van der Waals surface area contributed by atoms with Crippen molar-refractivity contribution in [3.63, 3.8) is 0 Å². The molecule has 30 heavy (non-hydrogen) atoms. The Morgan fingerprint density at radius 2 is 2.00 bits per heavy atom. The highest BCUT2D eigenvalue weighted by atomic mass is 16.6. The molecule has 1 amide bonds. The van der Waals surface area contributed by atoms with Crippen LogP contribution < -0.4 is 15.8 Å². The lowest BCUT2D eigenvalue weighted by Crippen LogP contribution is -2.20. The number of hydrogen-bond acceptors (Lipinski definition) is 4. The number of nitrogens with two attached hydrogens (primary N) is 1. The zero-order valence-corrected chi connectivity index (χ0v) is 17.6. The fourth-order valence-electron chi connectivity index (χ4n) is 4.44. The summed E-state index contributed by atoms with van der Waals surface area (Å²) in [6.45, 7) is 3.33. The molecule has 0 bridgehead atoms. The monoisotopic (exact) mass is 407 g/mol. The standard InChI is InChI=1S/C24H29N3O3/c1-3-27-22-14-19(29-2)11-12-20(22)21(15-25)23(27)16-7-6-8-17(13-16)26-24(28)30-18-9-4-5-10-18/h6-8,11-14,18H,3-5,9-10,15,25H2,1-2H3,(H,26,28). The van der Waals surface area contributed by atoms with Crippen LogP contribution >= 0.6 is 0 Å². The van der Waals surface area contributed by atoms with Crippen molar-refractivity contribution >= 4 is 22.7 Å². The van der Waals surface area contributed by atoms with E-state index < -0.39 is 0 Å². The number of aryl methyl sites for hydroxylation is 1. The van der Waals surface area contributed by atoms with Gasteiger partial charge in [0.15, 0.2) is 0 Å². The largest absolute Gasteiger partial charge is 0.497 e. The zero-order chi connectivity index (χ0) is 21.1. The predicted molar refractivity (Wildman–Crippen MR) is 120 cm³/mol. The lowest BCUT2D eigenvalue weighted by atomic mass is 10.0. The second-order valence-corrected chi connectivity index (χ2v) is 7.68. The van der Waals surface area contributed by atoms with Crippen LogP contribution in [0.15, 0.2) is 42.5 Å². The molecule has 6 heteroatoms. The van der Waals surface area contributed by atoms with Crippen molar-refractivity contribution in [1.29, 1.82) is 0 Å². The van der Waals surface area contributed by atoms with Crippen LogP contribution in [0.2, 0.25) is 0 Å². The zero-order valence-electron chi connectivity index (χ0n) is 17.6. The summed E-state index contributed by atoms with van der Waals surface area (Å²) in [5.74, 6) is 0.815. The van der Waals surface area contributed by atoms with E-state index in [4.69, 9.17) is 15.2 Å². The van der Waals surface area contributed by atoms with E-state index in [0.29, 0.717) is 12.2 Å². The number of carbonyl (C=O) groups is 1. The SMILES string of the molecule is CCn1c(-c2cccc(NC(=O)OC3CCCC3)c2)c(CN)c2ccc(OC)cc21. The Hall–Kier alpha value is -2.99.